The van der Waals surface area contributed by atoms with Crippen LogP contribution in [0.5, 0.6) is 0 Å². The Balaban J connectivity index is 1.76. The minimum atomic E-state index is -0.130. The average Bonchev–Trinajstić information content (AvgIpc) is 2.97. The van der Waals surface area contributed by atoms with E-state index in [1.807, 2.05) is 41.1 Å². The fraction of sp³-hybridized carbons (Fsp3) is 0.143. The third-order valence-electron chi connectivity index (χ3n) is 2.89. The van der Waals surface area contributed by atoms with E-state index in [2.05, 4.69) is 10.5 Å². The van der Waals surface area contributed by atoms with E-state index in [0.717, 1.165) is 10.9 Å². The lowest BCUT2D eigenvalue weighted by atomic mass is 10.2. The van der Waals surface area contributed by atoms with E-state index in [-0.39, 0.29) is 12.5 Å². The molecular formula is C14H13N3O2. The number of nitrogens with one attached hydrogen (secondary N) is 1. The lowest BCUT2D eigenvalue weighted by Crippen LogP contribution is -2.18. The van der Waals surface area contributed by atoms with Crippen LogP contribution >= 0.6 is 0 Å². The van der Waals surface area contributed by atoms with Gasteiger partial charge >= 0.3 is 0 Å². The number of rotatable bonds is 3. The highest BCUT2D eigenvalue weighted by molar-refractivity contribution is 5.91. The largest absolute Gasteiger partial charge is 0.360 e. The first-order valence-corrected chi connectivity index (χ1v) is 5.99. The average molecular weight is 255 g/mol. The van der Waals surface area contributed by atoms with Crippen LogP contribution < -0.4 is 5.32 Å². The van der Waals surface area contributed by atoms with Crippen molar-refractivity contribution in [2.24, 2.45) is 0 Å². The number of fused-ring (bicyclic) bond motifs is 1. The van der Waals surface area contributed by atoms with Crippen LogP contribution in [0.3, 0.4) is 0 Å². The van der Waals surface area contributed by atoms with Crippen LogP contribution in [-0.2, 0) is 11.3 Å². The monoisotopic (exact) mass is 255 g/mol. The number of hydrogen-bond donors (Lipinski definition) is 1. The summed E-state index contributed by atoms with van der Waals surface area (Å²) in [6, 6.07) is 11.6. The van der Waals surface area contributed by atoms with Crippen molar-refractivity contribution < 1.29 is 9.32 Å². The van der Waals surface area contributed by atoms with Crippen LogP contribution in [0.25, 0.3) is 10.9 Å². The molecule has 0 atom stereocenters. The van der Waals surface area contributed by atoms with Crippen molar-refractivity contribution >= 4 is 22.6 Å². The van der Waals surface area contributed by atoms with Gasteiger partial charge in [-0.25, -0.2) is 0 Å². The van der Waals surface area contributed by atoms with Crippen LogP contribution in [-0.4, -0.2) is 15.6 Å². The molecule has 0 saturated heterocycles. The van der Waals surface area contributed by atoms with E-state index >= 15 is 0 Å². The van der Waals surface area contributed by atoms with Gasteiger partial charge in [0.25, 0.3) is 0 Å². The molecule has 5 nitrogen and oxygen atoms in total. The second-order valence-electron chi connectivity index (χ2n) is 4.37. The van der Waals surface area contributed by atoms with Crippen LogP contribution in [0.15, 0.2) is 47.1 Å². The zero-order chi connectivity index (χ0) is 13.2. The molecule has 0 spiro atoms. The Morgan fingerprint density at radius 2 is 2.21 bits per heavy atom. The van der Waals surface area contributed by atoms with Gasteiger partial charge in [0.2, 0.25) is 5.91 Å². The highest BCUT2D eigenvalue weighted by Gasteiger charge is 2.08. The Bertz CT molecular complexity index is 727. The SMILES string of the molecule is Cc1cc(NC(=O)Cn2ccc3ccccc32)no1. The van der Waals surface area contributed by atoms with Gasteiger partial charge in [-0.3, -0.25) is 4.79 Å². The Hall–Kier alpha value is -2.56. The van der Waals surface area contributed by atoms with Gasteiger partial charge in [-0.2, -0.15) is 0 Å². The fourth-order valence-electron chi connectivity index (χ4n) is 2.04. The molecule has 0 bridgehead atoms. The number of aryl methyl sites for hydroxylation is 1. The molecule has 0 unspecified atom stereocenters. The maximum atomic E-state index is 11.9. The molecule has 2 aromatic heterocycles. The number of aromatic nitrogens is 2. The van der Waals surface area contributed by atoms with Crippen molar-refractivity contribution in [3.8, 4) is 0 Å². The molecule has 0 aliphatic rings. The normalized spacial score (nSPS) is 10.8. The number of hydrogen-bond acceptors (Lipinski definition) is 3. The van der Waals surface area contributed by atoms with Crippen molar-refractivity contribution in [2.45, 2.75) is 13.5 Å². The Morgan fingerprint density at radius 1 is 1.37 bits per heavy atom. The summed E-state index contributed by atoms with van der Waals surface area (Å²) in [7, 11) is 0. The van der Waals surface area contributed by atoms with Crippen LogP contribution in [0, 0.1) is 6.92 Å². The molecule has 96 valence electrons. The molecule has 5 heteroatoms. The molecule has 0 aliphatic carbocycles. The lowest BCUT2D eigenvalue weighted by Gasteiger charge is -2.04. The van der Waals surface area contributed by atoms with Gasteiger partial charge in [0.15, 0.2) is 5.82 Å². The molecule has 1 N–H and O–H groups in total. The Labute approximate surface area is 109 Å². The molecule has 19 heavy (non-hydrogen) atoms. The summed E-state index contributed by atoms with van der Waals surface area (Å²) in [5.41, 5.74) is 1.04. The number of benzene rings is 1. The summed E-state index contributed by atoms with van der Waals surface area (Å²) in [5, 5.41) is 7.55. The molecule has 0 fully saturated rings. The summed E-state index contributed by atoms with van der Waals surface area (Å²) in [6.45, 7) is 2.03. The van der Waals surface area contributed by atoms with Crippen molar-refractivity contribution in [3.63, 3.8) is 0 Å². The van der Waals surface area contributed by atoms with Crippen LogP contribution in [0.4, 0.5) is 5.82 Å². The number of anilines is 1. The molecule has 2 heterocycles. The van der Waals surface area contributed by atoms with Gasteiger partial charge in [-0.15, -0.1) is 0 Å². The summed E-state index contributed by atoms with van der Waals surface area (Å²) >= 11 is 0. The van der Waals surface area contributed by atoms with Crippen molar-refractivity contribution in [3.05, 3.63) is 48.4 Å². The van der Waals surface area contributed by atoms with Gasteiger partial charge in [0, 0.05) is 17.8 Å². The molecule has 3 aromatic rings. The summed E-state index contributed by atoms with van der Waals surface area (Å²) < 4.78 is 6.80. The smallest absolute Gasteiger partial charge is 0.245 e. The van der Waals surface area contributed by atoms with E-state index in [4.69, 9.17) is 4.52 Å². The van der Waals surface area contributed by atoms with Gasteiger partial charge in [0.1, 0.15) is 12.3 Å². The maximum Gasteiger partial charge on any atom is 0.245 e. The third-order valence-corrected chi connectivity index (χ3v) is 2.89. The summed E-state index contributed by atoms with van der Waals surface area (Å²) in [4.78, 5) is 11.9. The highest BCUT2D eigenvalue weighted by Crippen LogP contribution is 2.15. The molecule has 0 radical (unpaired) electrons. The first-order valence-electron chi connectivity index (χ1n) is 5.99. The van der Waals surface area contributed by atoms with Gasteiger partial charge in [-0.1, -0.05) is 23.4 Å². The first kappa shape index (κ1) is 11.5. The molecule has 0 aliphatic heterocycles. The number of carbonyl (C=O) groups excluding carboxylic acids is 1. The van der Waals surface area contributed by atoms with Crippen molar-refractivity contribution in [1.29, 1.82) is 0 Å². The minimum Gasteiger partial charge on any atom is -0.360 e. The third kappa shape index (κ3) is 2.35. The topological polar surface area (TPSA) is 60.1 Å². The molecule has 0 saturated carbocycles. The van der Waals surface area contributed by atoms with Gasteiger partial charge < -0.3 is 14.4 Å². The molecular weight excluding hydrogens is 242 g/mol. The molecule has 1 aromatic carbocycles. The summed E-state index contributed by atoms with van der Waals surface area (Å²) in [5.74, 6) is 0.982. The second-order valence-corrected chi connectivity index (χ2v) is 4.37. The quantitative estimate of drug-likeness (QED) is 0.782. The standard InChI is InChI=1S/C14H13N3O2/c1-10-8-13(16-19-10)15-14(18)9-17-7-6-11-4-2-3-5-12(11)17/h2-8H,9H2,1H3,(H,15,16,18). The zero-order valence-corrected chi connectivity index (χ0v) is 10.5. The first-order chi connectivity index (χ1) is 9.22. The van der Waals surface area contributed by atoms with Gasteiger partial charge in [-0.05, 0) is 24.4 Å². The Morgan fingerprint density at radius 3 is 3.00 bits per heavy atom. The second kappa shape index (κ2) is 4.61. The van der Waals surface area contributed by atoms with E-state index in [1.54, 1.807) is 13.0 Å². The summed E-state index contributed by atoms with van der Waals surface area (Å²) in [6.07, 6.45) is 1.90. The molecule has 1 amide bonds. The highest BCUT2D eigenvalue weighted by atomic mass is 16.5. The van der Waals surface area contributed by atoms with E-state index in [0.29, 0.717) is 11.6 Å². The van der Waals surface area contributed by atoms with Crippen molar-refractivity contribution in [1.82, 2.24) is 9.72 Å². The Kier molecular flexibility index (Phi) is 2.79. The zero-order valence-electron chi connectivity index (χ0n) is 10.5. The van der Waals surface area contributed by atoms with E-state index in [1.165, 1.54) is 0 Å². The fourth-order valence-corrected chi connectivity index (χ4v) is 2.04. The predicted molar refractivity (Wildman–Crippen MR) is 71.8 cm³/mol. The maximum absolute atomic E-state index is 11.9. The van der Waals surface area contributed by atoms with Gasteiger partial charge in [0.05, 0.1) is 0 Å². The predicted octanol–water partition coefficient (Wildman–Crippen LogP) is 2.58. The number of carbonyl (C=O) groups is 1. The van der Waals surface area contributed by atoms with E-state index in [9.17, 15) is 4.79 Å². The van der Waals surface area contributed by atoms with E-state index < -0.39 is 0 Å². The van der Waals surface area contributed by atoms with Crippen LogP contribution in [0.2, 0.25) is 0 Å². The minimum absolute atomic E-state index is 0.130. The lowest BCUT2D eigenvalue weighted by molar-refractivity contribution is -0.116. The molecule has 3 rings (SSSR count). The number of amides is 1. The van der Waals surface area contributed by atoms with Crippen molar-refractivity contribution in [2.75, 3.05) is 5.32 Å². The number of nitrogens with zero attached hydrogens (tertiary/aromatic N) is 2. The van der Waals surface area contributed by atoms with Crippen LogP contribution in [0.1, 0.15) is 5.76 Å². The number of para-hydroxylation sites is 1.